The fourth-order valence-corrected chi connectivity index (χ4v) is 1.73. The highest BCUT2D eigenvalue weighted by molar-refractivity contribution is 5.99. The molecule has 0 rings (SSSR count). The summed E-state index contributed by atoms with van der Waals surface area (Å²) in [6.07, 6.45) is 4.79. The molecule has 0 fully saturated rings. The van der Waals surface area contributed by atoms with Crippen molar-refractivity contribution in [2.75, 3.05) is 6.54 Å². The molecule has 1 atom stereocenters. The van der Waals surface area contributed by atoms with Crippen molar-refractivity contribution in [2.45, 2.75) is 52.5 Å². The second kappa shape index (κ2) is 10.7. The zero-order valence-corrected chi connectivity index (χ0v) is 13.0. The highest BCUT2D eigenvalue weighted by Crippen LogP contribution is 2.06. The van der Waals surface area contributed by atoms with Crippen LogP contribution in [0.2, 0.25) is 0 Å². The monoisotopic (exact) mass is 295 g/mol. The molecule has 6 heteroatoms. The molecule has 3 N–H and O–H groups in total. The van der Waals surface area contributed by atoms with Gasteiger partial charge in [0.25, 0.3) is 5.91 Å². The van der Waals surface area contributed by atoms with E-state index in [1.807, 2.05) is 13.8 Å². The molecule has 0 saturated heterocycles. The minimum Gasteiger partial charge on any atom is -0.480 e. The Morgan fingerprint density at radius 1 is 1.33 bits per heavy atom. The topological polar surface area (TPSA) is 102 Å². The van der Waals surface area contributed by atoms with Crippen LogP contribution in [0.1, 0.15) is 46.5 Å². The summed E-state index contributed by atoms with van der Waals surface area (Å²) in [6.45, 7) is 6.52. The Bertz CT molecular complexity index is 411. The molecular formula is C15H25N3O3. The first-order valence-electron chi connectivity index (χ1n) is 7.29. The molecular weight excluding hydrogens is 270 g/mol. The Morgan fingerprint density at radius 3 is 2.48 bits per heavy atom. The van der Waals surface area contributed by atoms with E-state index in [1.54, 1.807) is 6.07 Å². The molecule has 0 heterocycles. The van der Waals surface area contributed by atoms with Gasteiger partial charge >= 0.3 is 5.97 Å². The Kier molecular flexibility index (Phi) is 9.69. The Balaban J connectivity index is 4.52. The Hall–Kier alpha value is -2.03. The van der Waals surface area contributed by atoms with Crippen LogP contribution in [0.15, 0.2) is 11.8 Å². The van der Waals surface area contributed by atoms with Crippen molar-refractivity contribution in [2.24, 2.45) is 5.92 Å². The minimum atomic E-state index is -1.09. The second-order valence-electron chi connectivity index (χ2n) is 5.32. The zero-order valence-electron chi connectivity index (χ0n) is 13.0. The van der Waals surface area contributed by atoms with Gasteiger partial charge < -0.3 is 15.7 Å². The van der Waals surface area contributed by atoms with Crippen LogP contribution < -0.4 is 10.6 Å². The van der Waals surface area contributed by atoms with E-state index >= 15 is 0 Å². The molecule has 0 aromatic rings. The number of hydrogen-bond donors (Lipinski definition) is 3. The van der Waals surface area contributed by atoms with E-state index in [-0.39, 0.29) is 11.5 Å². The van der Waals surface area contributed by atoms with Crippen LogP contribution in [0.25, 0.3) is 0 Å². The van der Waals surface area contributed by atoms with Crippen LogP contribution in [0.4, 0.5) is 0 Å². The summed E-state index contributed by atoms with van der Waals surface area (Å²) < 4.78 is 0. The number of carboxylic acid groups (broad SMARTS) is 1. The number of rotatable bonds is 10. The van der Waals surface area contributed by atoms with Crippen molar-refractivity contribution >= 4 is 11.9 Å². The molecule has 0 spiro atoms. The van der Waals surface area contributed by atoms with Gasteiger partial charge in [-0.25, -0.2) is 4.79 Å². The number of aliphatic carboxylic acids is 1. The summed E-state index contributed by atoms with van der Waals surface area (Å²) in [5.41, 5.74) is -0.110. The van der Waals surface area contributed by atoms with Crippen molar-refractivity contribution in [3.63, 3.8) is 0 Å². The van der Waals surface area contributed by atoms with Crippen LogP contribution in [-0.4, -0.2) is 29.6 Å². The van der Waals surface area contributed by atoms with Gasteiger partial charge in [-0.3, -0.25) is 4.79 Å². The average Bonchev–Trinajstić information content (AvgIpc) is 2.41. The van der Waals surface area contributed by atoms with Crippen molar-refractivity contribution in [3.8, 4) is 6.07 Å². The SMILES string of the molecule is CCCCCN/C=C(/C#N)C(=O)NC(CC(C)C)C(=O)O. The summed E-state index contributed by atoms with van der Waals surface area (Å²) in [5, 5.41) is 23.3. The molecule has 1 unspecified atom stereocenters. The number of nitrogens with one attached hydrogen (secondary N) is 2. The Labute approximate surface area is 126 Å². The number of hydrogen-bond acceptors (Lipinski definition) is 4. The van der Waals surface area contributed by atoms with E-state index in [2.05, 4.69) is 17.6 Å². The lowest BCUT2D eigenvalue weighted by molar-refractivity contribution is -0.141. The van der Waals surface area contributed by atoms with Gasteiger partial charge in [0.1, 0.15) is 17.7 Å². The first-order chi connectivity index (χ1) is 9.92. The van der Waals surface area contributed by atoms with E-state index in [4.69, 9.17) is 10.4 Å². The molecule has 6 nitrogen and oxygen atoms in total. The lowest BCUT2D eigenvalue weighted by Gasteiger charge is -2.16. The second-order valence-corrected chi connectivity index (χ2v) is 5.32. The zero-order chi connectivity index (χ0) is 16.3. The first-order valence-corrected chi connectivity index (χ1v) is 7.29. The summed E-state index contributed by atoms with van der Waals surface area (Å²) in [5.74, 6) is -1.62. The lowest BCUT2D eigenvalue weighted by atomic mass is 10.0. The van der Waals surface area contributed by atoms with Crippen molar-refractivity contribution in [3.05, 3.63) is 11.8 Å². The quantitative estimate of drug-likeness (QED) is 0.324. The maximum atomic E-state index is 11.9. The number of nitrogens with zero attached hydrogens (tertiary/aromatic N) is 1. The number of amides is 1. The largest absolute Gasteiger partial charge is 0.480 e. The number of nitriles is 1. The van der Waals surface area contributed by atoms with Gasteiger partial charge in [0.15, 0.2) is 0 Å². The minimum absolute atomic E-state index is 0.110. The molecule has 0 aliphatic rings. The lowest BCUT2D eigenvalue weighted by Crippen LogP contribution is -2.42. The fraction of sp³-hybridized carbons (Fsp3) is 0.667. The van der Waals surface area contributed by atoms with Gasteiger partial charge in [-0.1, -0.05) is 33.6 Å². The highest BCUT2D eigenvalue weighted by atomic mass is 16.4. The predicted molar refractivity (Wildman–Crippen MR) is 80.2 cm³/mol. The van der Waals surface area contributed by atoms with E-state index in [1.165, 1.54) is 6.20 Å². The van der Waals surface area contributed by atoms with Gasteiger partial charge in [-0.05, 0) is 18.8 Å². The van der Waals surface area contributed by atoms with E-state index in [0.717, 1.165) is 19.3 Å². The van der Waals surface area contributed by atoms with Gasteiger partial charge in [0.2, 0.25) is 0 Å². The van der Waals surface area contributed by atoms with Crippen molar-refractivity contribution in [1.82, 2.24) is 10.6 Å². The molecule has 0 aliphatic heterocycles. The number of carbonyl (C=O) groups excluding carboxylic acids is 1. The normalized spacial score (nSPS) is 12.6. The van der Waals surface area contributed by atoms with Crippen LogP contribution >= 0.6 is 0 Å². The summed E-state index contributed by atoms with van der Waals surface area (Å²) >= 11 is 0. The summed E-state index contributed by atoms with van der Waals surface area (Å²) in [4.78, 5) is 23.0. The molecule has 21 heavy (non-hydrogen) atoms. The molecule has 0 bridgehead atoms. The molecule has 0 saturated carbocycles. The Morgan fingerprint density at radius 2 is 2.00 bits per heavy atom. The molecule has 0 aromatic carbocycles. The van der Waals surface area contributed by atoms with Gasteiger partial charge in [0.05, 0.1) is 0 Å². The fourth-order valence-electron chi connectivity index (χ4n) is 1.73. The molecule has 0 aromatic heterocycles. The third kappa shape index (κ3) is 8.69. The van der Waals surface area contributed by atoms with Crippen LogP contribution in [0.3, 0.4) is 0 Å². The van der Waals surface area contributed by atoms with Crippen LogP contribution in [-0.2, 0) is 9.59 Å². The maximum absolute atomic E-state index is 11.9. The van der Waals surface area contributed by atoms with Gasteiger partial charge in [-0.2, -0.15) is 5.26 Å². The number of carboxylic acids is 1. The average molecular weight is 295 g/mol. The highest BCUT2D eigenvalue weighted by Gasteiger charge is 2.22. The van der Waals surface area contributed by atoms with Crippen LogP contribution in [0, 0.1) is 17.2 Å². The predicted octanol–water partition coefficient (Wildman–Crippen LogP) is 1.79. The van der Waals surface area contributed by atoms with E-state index in [9.17, 15) is 9.59 Å². The smallest absolute Gasteiger partial charge is 0.326 e. The first kappa shape index (κ1) is 19.0. The maximum Gasteiger partial charge on any atom is 0.326 e. The van der Waals surface area contributed by atoms with Crippen molar-refractivity contribution < 1.29 is 14.7 Å². The third-order valence-corrected chi connectivity index (χ3v) is 2.85. The molecule has 0 radical (unpaired) electrons. The van der Waals surface area contributed by atoms with Crippen LogP contribution in [0.5, 0.6) is 0 Å². The summed E-state index contributed by atoms with van der Waals surface area (Å²) in [6, 6.07) is 0.807. The molecule has 1 amide bonds. The summed E-state index contributed by atoms with van der Waals surface area (Å²) in [7, 11) is 0. The van der Waals surface area contributed by atoms with E-state index < -0.39 is 17.9 Å². The molecule has 118 valence electrons. The number of unbranched alkanes of at least 4 members (excludes halogenated alkanes) is 2. The molecule has 0 aliphatic carbocycles. The number of carbonyl (C=O) groups is 2. The van der Waals surface area contributed by atoms with Gasteiger partial charge in [-0.15, -0.1) is 0 Å². The van der Waals surface area contributed by atoms with E-state index in [0.29, 0.717) is 13.0 Å². The standard InChI is InChI=1S/C15H25N3O3/c1-4-5-6-7-17-10-12(9-16)14(19)18-13(15(20)21)8-11(2)3/h10-11,13,17H,4-8H2,1-3H3,(H,18,19)(H,20,21)/b12-10-. The van der Waals surface area contributed by atoms with Gasteiger partial charge in [0, 0.05) is 12.7 Å². The van der Waals surface area contributed by atoms with Crippen molar-refractivity contribution in [1.29, 1.82) is 5.26 Å². The third-order valence-electron chi connectivity index (χ3n) is 2.85.